The number of hydrazone groups is 1. The molecule has 0 spiro atoms. The molecule has 0 saturated heterocycles. The molecule has 136 valence electrons. The van der Waals surface area contributed by atoms with Crippen molar-refractivity contribution in [3.63, 3.8) is 0 Å². The van der Waals surface area contributed by atoms with Crippen LogP contribution in [0, 0.1) is 0 Å². The van der Waals surface area contributed by atoms with Crippen LogP contribution in [0.2, 0.25) is 0 Å². The van der Waals surface area contributed by atoms with Gasteiger partial charge in [-0.15, -0.1) is 11.3 Å². The van der Waals surface area contributed by atoms with Crippen LogP contribution in [-0.2, 0) is 10.0 Å². The number of rotatable bonds is 5. The van der Waals surface area contributed by atoms with Crippen molar-refractivity contribution in [2.45, 2.75) is 4.21 Å². The van der Waals surface area contributed by atoms with Crippen molar-refractivity contribution in [3.8, 4) is 11.1 Å². The standard InChI is InChI=1S/C18H15N5O2S2/c1-22(27(24,25)18-5-3-9-26-18)21-12-16-11-20-17-7-6-15(13-23(16)17)14-4-2-8-19-10-14/h2-13H,1H3. The Labute approximate surface area is 160 Å². The summed E-state index contributed by atoms with van der Waals surface area (Å²) in [5.41, 5.74) is 3.37. The van der Waals surface area contributed by atoms with Gasteiger partial charge in [-0.05, 0) is 29.6 Å². The first kappa shape index (κ1) is 17.4. The minimum atomic E-state index is -3.64. The number of imidazole rings is 1. The average Bonchev–Trinajstić information content (AvgIpc) is 3.37. The first-order valence-electron chi connectivity index (χ1n) is 7.99. The molecule has 0 fully saturated rings. The molecule has 4 aromatic rings. The van der Waals surface area contributed by atoms with Gasteiger partial charge >= 0.3 is 0 Å². The quantitative estimate of drug-likeness (QED) is 0.383. The summed E-state index contributed by atoms with van der Waals surface area (Å²) < 4.78 is 28.0. The third-order valence-electron chi connectivity index (χ3n) is 3.98. The highest BCUT2D eigenvalue weighted by Crippen LogP contribution is 2.21. The SMILES string of the molecule is CN(N=Cc1cnc2ccc(-c3cccnc3)cn12)S(=O)(=O)c1cccs1. The zero-order chi connectivity index (χ0) is 18.9. The molecule has 0 aliphatic rings. The first-order chi connectivity index (χ1) is 13.1. The summed E-state index contributed by atoms with van der Waals surface area (Å²) in [5, 5.41) is 5.82. The number of aromatic nitrogens is 3. The van der Waals surface area contributed by atoms with Crippen molar-refractivity contribution in [2.75, 3.05) is 7.05 Å². The van der Waals surface area contributed by atoms with E-state index in [1.54, 1.807) is 36.1 Å². The molecule has 4 aromatic heterocycles. The van der Waals surface area contributed by atoms with Gasteiger partial charge in [0, 0.05) is 36.8 Å². The molecule has 0 atom stereocenters. The van der Waals surface area contributed by atoms with E-state index >= 15 is 0 Å². The van der Waals surface area contributed by atoms with Gasteiger partial charge in [0.05, 0.1) is 18.1 Å². The minimum absolute atomic E-state index is 0.249. The minimum Gasteiger partial charge on any atom is -0.298 e. The molecular weight excluding hydrogens is 382 g/mol. The number of hydrogen-bond acceptors (Lipinski definition) is 6. The fourth-order valence-corrected chi connectivity index (χ4v) is 4.65. The predicted molar refractivity (Wildman–Crippen MR) is 105 cm³/mol. The Bertz CT molecular complexity index is 1200. The molecule has 0 aromatic carbocycles. The monoisotopic (exact) mass is 397 g/mol. The number of thiophene rings is 1. The molecule has 0 saturated carbocycles. The van der Waals surface area contributed by atoms with Gasteiger partial charge in [-0.1, -0.05) is 12.1 Å². The molecule has 0 amide bonds. The number of pyridine rings is 2. The van der Waals surface area contributed by atoms with Crippen molar-refractivity contribution >= 4 is 33.2 Å². The van der Waals surface area contributed by atoms with E-state index in [1.807, 2.05) is 34.9 Å². The maximum Gasteiger partial charge on any atom is 0.288 e. The molecule has 7 nitrogen and oxygen atoms in total. The predicted octanol–water partition coefficient (Wildman–Crippen LogP) is 3.11. The molecule has 9 heteroatoms. The topological polar surface area (TPSA) is 79.9 Å². The lowest BCUT2D eigenvalue weighted by Gasteiger charge is -2.11. The second kappa shape index (κ2) is 6.93. The van der Waals surface area contributed by atoms with Gasteiger partial charge in [0.15, 0.2) is 0 Å². The first-order valence-corrected chi connectivity index (χ1v) is 10.3. The summed E-state index contributed by atoms with van der Waals surface area (Å²) >= 11 is 1.16. The van der Waals surface area contributed by atoms with E-state index in [0.29, 0.717) is 5.69 Å². The van der Waals surface area contributed by atoms with Crippen LogP contribution in [0.5, 0.6) is 0 Å². The van der Waals surface area contributed by atoms with E-state index in [9.17, 15) is 8.42 Å². The maximum absolute atomic E-state index is 12.4. The lowest BCUT2D eigenvalue weighted by atomic mass is 10.1. The van der Waals surface area contributed by atoms with Crippen LogP contribution in [0.1, 0.15) is 5.69 Å². The van der Waals surface area contributed by atoms with E-state index in [2.05, 4.69) is 15.1 Å². The normalized spacial score (nSPS) is 12.0. The zero-order valence-corrected chi connectivity index (χ0v) is 15.9. The highest BCUT2D eigenvalue weighted by atomic mass is 32.2. The van der Waals surface area contributed by atoms with Gasteiger partial charge < -0.3 is 0 Å². The van der Waals surface area contributed by atoms with Crippen molar-refractivity contribution in [1.29, 1.82) is 0 Å². The maximum atomic E-state index is 12.4. The Hall–Kier alpha value is -3.04. The van der Waals surface area contributed by atoms with Gasteiger partial charge in [0.2, 0.25) is 0 Å². The summed E-state index contributed by atoms with van der Waals surface area (Å²) in [6, 6.07) is 11.0. The van der Waals surface area contributed by atoms with Gasteiger partial charge in [0.25, 0.3) is 10.0 Å². The van der Waals surface area contributed by atoms with E-state index in [4.69, 9.17) is 0 Å². The van der Waals surface area contributed by atoms with Crippen molar-refractivity contribution in [2.24, 2.45) is 5.10 Å². The second-order valence-corrected chi connectivity index (χ2v) is 8.81. The summed E-state index contributed by atoms with van der Waals surface area (Å²) in [6.45, 7) is 0. The van der Waals surface area contributed by atoms with Gasteiger partial charge in [-0.25, -0.2) is 4.98 Å². The second-order valence-electron chi connectivity index (χ2n) is 5.69. The molecule has 0 unspecified atom stereocenters. The molecule has 27 heavy (non-hydrogen) atoms. The fraction of sp³-hybridized carbons (Fsp3) is 0.0556. The van der Waals surface area contributed by atoms with E-state index in [0.717, 1.165) is 32.5 Å². The van der Waals surface area contributed by atoms with Crippen LogP contribution in [0.3, 0.4) is 0 Å². The molecule has 0 aliphatic carbocycles. The summed E-state index contributed by atoms with van der Waals surface area (Å²) in [7, 11) is -2.22. The Kier molecular flexibility index (Phi) is 4.46. The molecular formula is C18H15N5O2S2. The van der Waals surface area contributed by atoms with Crippen LogP contribution in [0.15, 0.2) is 75.9 Å². The summed E-state index contributed by atoms with van der Waals surface area (Å²) in [6.07, 6.45) is 8.57. The zero-order valence-electron chi connectivity index (χ0n) is 14.3. The Morgan fingerprint density at radius 3 is 2.78 bits per heavy atom. The third kappa shape index (κ3) is 3.34. The smallest absolute Gasteiger partial charge is 0.288 e. The fourth-order valence-electron chi connectivity index (χ4n) is 2.54. The van der Waals surface area contributed by atoms with Gasteiger partial charge in [0.1, 0.15) is 9.86 Å². The molecule has 0 radical (unpaired) electrons. The van der Waals surface area contributed by atoms with Gasteiger partial charge in [-0.2, -0.15) is 17.9 Å². The van der Waals surface area contributed by atoms with E-state index in [1.165, 1.54) is 13.3 Å². The summed E-state index contributed by atoms with van der Waals surface area (Å²) in [5.74, 6) is 0. The lowest BCUT2D eigenvalue weighted by Crippen LogP contribution is -2.21. The highest BCUT2D eigenvalue weighted by Gasteiger charge is 2.20. The Morgan fingerprint density at radius 2 is 2.04 bits per heavy atom. The van der Waals surface area contributed by atoms with E-state index < -0.39 is 10.0 Å². The van der Waals surface area contributed by atoms with Crippen molar-refractivity contribution < 1.29 is 8.42 Å². The molecule has 0 aliphatic heterocycles. The Balaban J connectivity index is 1.67. The number of hydrogen-bond donors (Lipinski definition) is 0. The lowest BCUT2D eigenvalue weighted by molar-refractivity contribution is 0.493. The molecule has 0 N–H and O–H groups in total. The van der Waals surface area contributed by atoms with Crippen LogP contribution >= 0.6 is 11.3 Å². The van der Waals surface area contributed by atoms with Crippen LogP contribution < -0.4 is 0 Å². The number of sulfonamides is 1. The van der Waals surface area contributed by atoms with Crippen LogP contribution in [-0.4, -0.2) is 40.5 Å². The highest BCUT2D eigenvalue weighted by molar-refractivity contribution is 7.91. The number of nitrogens with zero attached hydrogens (tertiary/aromatic N) is 5. The largest absolute Gasteiger partial charge is 0.298 e. The Morgan fingerprint density at radius 1 is 1.15 bits per heavy atom. The third-order valence-corrected chi connectivity index (χ3v) is 7.00. The van der Waals surface area contributed by atoms with Gasteiger partial charge in [-0.3, -0.25) is 9.38 Å². The number of fused-ring (bicyclic) bond motifs is 1. The van der Waals surface area contributed by atoms with Crippen LogP contribution in [0.4, 0.5) is 0 Å². The molecule has 0 bridgehead atoms. The van der Waals surface area contributed by atoms with Crippen molar-refractivity contribution in [1.82, 2.24) is 18.8 Å². The van der Waals surface area contributed by atoms with Crippen molar-refractivity contribution in [3.05, 3.63) is 72.3 Å². The molecule has 4 heterocycles. The molecule has 4 rings (SSSR count). The summed E-state index contributed by atoms with van der Waals surface area (Å²) in [4.78, 5) is 8.47. The average molecular weight is 397 g/mol. The van der Waals surface area contributed by atoms with E-state index in [-0.39, 0.29) is 4.21 Å². The van der Waals surface area contributed by atoms with Crippen LogP contribution in [0.25, 0.3) is 16.8 Å².